The number of halogens is 1. The Balaban J connectivity index is 3.07. The van der Waals surface area contributed by atoms with Crippen molar-refractivity contribution in [3.05, 3.63) is 29.8 Å². The van der Waals surface area contributed by atoms with Gasteiger partial charge in [-0.1, -0.05) is 35.0 Å². The number of sulfone groups is 1. The van der Waals surface area contributed by atoms with Gasteiger partial charge in [-0.25, -0.2) is 8.42 Å². The fourth-order valence-electron chi connectivity index (χ4n) is 1.21. The first-order valence-electron chi connectivity index (χ1n) is 4.48. The van der Waals surface area contributed by atoms with Crippen molar-refractivity contribution in [1.82, 2.24) is 0 Å². The standard InChI is InChI=1S/C10H13BrO2S/c1-2-6-14(12,13)10-5-3-4-9(7-10)8-11/h3-5,7H,2,6,8H2,1H3. The fourth-order valence-corrected chi connectivity index (χ4v) is 2.95. The maximum Gasteiger partial charge on any atom is 0.178 e. The van der Waals surface area contributed by atoms with E-state index in [9.17, 15) is 8.42 Å². The number of benzene rings is 1. The fraction of sp³-hybridized carbons (Fsp3) is 0.400. The van der Waals surface area contributed by atoms with Crippen molar-refractivity contribution >= 4 is 25.8 Å². The zero-order chi connectivity index (χ0) is 10.6. The molecule has 0 aliphatic carbocycles. The van der Waals surface area contributed by atoms with E-state index in [2.05, 4.69) is 15.9 Å². The Morgan fingerprint density at radius 3 is 2.64 bits per heavy atom. The molecule has 0 fully saturated rings. The van der Waals surface area contributed by atoms with Crippen LogP contribution in [0.3, 0.4) is 0 Å². The highest BCUT2D eigenvalue weighted by Gasteiger charge is 2.12. The molecule has 4 heteroatoms. The highest BCUT2D eigenvalue weighted by Crippen LogP contribution is 2.15. The topological polar surface area (TPSA) is 34.1 Å². The van der Waals surface area contributed by atoms with Crippen LogP contribution in [0.4, 0.5) is 0 Å². The lowest BCUT2D eigenvalue weighted by Gasteiger charge is -2.03. The first-order chi connectivity index (χ1) is 6.60. The molecule has 2 nitrogen and oxygen atoms in total. The maximum absolute atomic E-state index is 11.7. The number of alkyl halides is 1. The zero-order valence-electron chi connectivity index (χ0n) is 8.03. The Bertz CT molecular complexity index is 398. The molecule has 0 saturated carbocycles. The van der Waals surface area contributed by atoms with E-state index < -0.39 is 9.84 Å². The van der Waals surface area contributed by atoms with Gasteiger partial charge in [-0.15, -0.1) is 0 Å². The SMILES string of the molecule is CCCS(=O)(=O)c1cccc(CBr)c1. The molecule has 0 aliphatic rings. The average molecular weight is 277 g/mol. The molecule has 0 radical (unpaired) electrons. The molecule has 0 N–H and O–H groups in total. The van der Waals surface area contributed by atoms with Crippen LogP contribution in [0.1, 0.15) is 18.9 Å². The van der Waals surface area contributed by atoms with E-state index >= 15 is 0 Å². The summed E-state index contributed by atoms with van der Waals surface area (Å²) in [6, 6.07) is 7.05. The molecule has 0 aromatic heterocycles. The van der Waals surface area contributed by atoms with Crippen molar-refractivity contribution < 1.29 is 8.42 Å². The van der Waals surface area contributed by atoms with Crippen molar-refractivity contribution in [2.24, 2.45) is 0 Å². The number of hydrogen-bond acceptors (Lipinski definition) is 2. The van der Waals surface area contributed by atoms with Crippen LogP contribution < -0.4 is 0 Å². The van der Waals surface area contributed by atoms with Crippen molar-refractivity contribution in [2.75, 3.05) is 5.75 Å². The van der Waals surface area contributed by atoms with Crippen molar-refractivity contribution in [1.29, 1.82) is 0 Å². The Morgan fingerprint density at radius 1 is 1.36 bits per heavy atom. The molecule has 0 bridgehead atoms. The summed E-state index contributed by atoms with van der Waals surface area (Å²) in [5.74, 6) is 0.221. The van der Waals surface area contributed by atoms with Crippen molar-refractivity contribution in [3.63, 3.8) is 0 Å². The zero-order valence-corrected chi connectivity index (χ0v) is 10.4. The highest BCUT2D eigenvalue weighted by atomic mass is 79.9. The summed E-state index contributed by atoms with van der Waals surface area (Å²) < 4.78 is 23.4. The van der Waals surface area contributed by atoms with Crippen LogP contribution in [0, 0.1) is 0 Å². The van der Waals surface area contributed by atoms with Crippen LogP contribution in [0.15, 0.2) is 29.2 Å². The average Bonchev–Trinajstić information content (AvgIpc) is 2.18. The molecule has 0 saturated heterocycles. The van der Waals surface area contributed by atoms with Crippen LogP contribution in [0.5, 0.6) is 0 Å². The van der Waals surface area contributed by atoms with E-state index in [4.69, 9.17) is 0 Å². The van der Waals surface area contributed by atoms with E-state index in [1.807, 2.05) is 13.0 Å². The third kappa shape index (κ3) is 2.82. The lowest BCUT2D eigenvalue weighted by molar-refractivity contribution is 0.594. The molecule has 0 atom stereocenters. The van der Waals surface area contributed by atoms with E-state index in [-0.39, 0.29) is 5.75 Å². The maximum atomic E-state index is 11.7. The Kier molecular flexibility index (Phi) is 4.13. The summed E-state index contributed by atoms with van der Waals surface area (Å²) in [6.45, 7) is 1.87. The van der Waals surface area contributed by atoms with Gasteiger partial charge in [0.2, 0.25) is 0 Å². The second-order valence-electron chi connectivity index (χ2n) is 3.10. The summed E-state index contributed by atoms with van der Waals surface area (Å²) in [5.41, 5.74) is 0.988. The highest BCUT2D eigenvalue weighted by molar-refractivity contribution is 9.08. The molecule has 0 amide bonds. The molecule has 0 unspecified atom stereocenters. The van der Waals surface area contributed by atoms with Gasteiger partial charge < -0.3 is 0 Å². The van der Waals surface area contributed by atoms with E-state index in [0.29, 0.717) is 16.6 Å². The second kappa shape index (κ2) is 4.94. The van der Waals surface area contributed by atoms with Crippen LogP contribution in [-0.4, -0.2) is 14.2 Å². The molecule has 1 aromatic rings. The molecule has 1 aromatic carbocycles. The third-order valence-electron chi connectivity index (χ3n) is 1.88. The van der Waals surface area contributed by atoms with Gasteiger partial charge in [0, 0.05) is 5.33 Å². The van der Waals surface area contributed by atoms with Gasteiger partial charge in [-0.3, -0.25) is 0 Å². The summed E-state index contributed by atoms with van der Waals surface area (Å²) >= 11 is 3.30. The predicted octanol–water partition coefficient (Wildman–Crippen LogP) is 2.77. The monoisotopic (exact) mass is 276 g/mol. The molecule has 0 aliphatic heterocycles. The minimum Gasteiger partial charge on any atom is -0.224 e. The van der Waals surface area contributed by atoms with Gasteiger partial charge in [-0.2, -0.15) is 0 Å². The lowest BCUT2D eigenvalue weighted by atomic mass is 10.2. The molecule has 78 valence electrons. The Hall–Kier alpha value is -0.350. The quantitative estimate of drug-likeness (QED) is 0.793. The largest absolute Gasteiger partial charge is 0.224 e. The van der Waals surface area contributed by atoms with Gasteiger partial charge in [0.25, 0.3) is 0 Å². The molecular formula is C10H13BrO2S. The van der Waals surface area contributed by atoms with Crippen LogP contribution in [0.2, 0.25) is 0 Å². The van der Waals surface area contributed by atoms with Crippen LogP contribution in [0.25, 0.3) is 0 Å². The molecular weight excluding hydrogens is 264 g/mol. The van der Waals surface area contributed by atoms with E-state index in [1.165, 1.54) is 0 Å². The normalized spacial score (nSPS) is 11.6. The second-order valence-corrected chi connectivity index (χ2v) is 5.77. The van der Waals surface area contributed by atoms with Gasteiger partial charge in [0.05, 0.1) is 10.6 Å². The van der Waals surface area contributed by atoms with Gasteiger partial charge in [0.15, 0.2) is 9.84 Å². The first-order valence-corrected chi connectivity index (χ1v) is 7.25. The van der Waals surface area contributed by atoms with Gasteiger partial charge in [-0.05, 0) is 24.1 Å². The summed E-state index contributed by atoms with van der Waals surface area (Å²) in [6.07, 6.45) is 0.654. The van der Waals surface area contributed by atoms with Gasteiger partial charge >= 0.3 is 0 Å². The first kappa shape index (κ1) is 11.7. The smallest absolute Gasteiger partial charge is 0.178 e. The Morgan fingerprint density at radius 2 is 2.07 bits per heavy atom. The van der Waals surface area contributed by atoms with E-state index in [0.717, 1.165) is 5.56 Å². The molecule has 1 rings (SSSR count). The van der Waals surface area contributed by atoms with E-state index in [1.54, 1.807) is 18.2 Å². The molecule has 0 spiro atoms. The summed E-state index contributed by atoms with van der Waals surface area (Å²) in [4.78, 5) is 0.427. The summed E-state index contributed by atoms with van der Waals surface area (Å²) in [7, 11) is -3.06. The molecule has 0 heterocycles. The lowest BCUT2D eigenvalue weighted by Crippen LogP contribution is -2.05. The predicted molar refractivity (Wildman–Crippen MR) is 61.4 cm³/mol. The van der Waals surface area contributed by atoms with Crippen LogP contribution in [-0.2, 0) is 15.2 Å². The van der Waals surface area contributed by atoms with Gasteiger partial charge in [0.1, 0.15) is 0 Å². The minimum absolute atomic E-state index is 0.221. The Labute approximate surface area is 93.4 Å². The number of hydrogen-bond donors (Lipinski definition) is 0. The van der Waals surface area contributed by atoms with Crippen molar-refractivity contribution in [3.8, 4) is 0 Å². The van der Waals surface area contributed by atoms with Crippen molar-refractivity contribution in [2.45, 2.75) is 23.6 Å². The summed E-state index contributed by atoms with van der Waals surface area (Å²) in [5, 5.41) is 0.683. The minimum atomic E-state index is -3.06. The third-order valence-corrected chi connectivity index (χ3v) is 4.45. The molecule has 14 heavy (non-hydrogen) atoms. The van der Waals surface area contributed by atoms with Crippen LogP contribution >= 0.6 is 15.9 Å². The number of rotatable bonds is 4.